The first-order chi connectivity index (χ1) is 7.54. The zero-order chi connectivity index (χ0) is 12.1. The molecule has 0 heterocycles. The maximum atomic E-state index is 10.9. The van der Waals surface area contributed by atoms with E-state index in [2.05, 4.69) is 10.1 Å². The molecule has 3 N–H and O–H groups in total. The van der Waals surface area contributed by atoms with E-state index in [9.17, 15) is 15.0 Å². The minimum Gasteiger partial charge on any atom is -0.508 e. The van der Waals surface area contributed by atoms with Crippen molar-refractivity contribution in [3.05, 3.63) is 23.8 Å². The minimum absolute atomic E-state index is 0.0484. The predicted octanol–water partition coefficient (Wildman–Crippen LogP) is 0.921. The van der Waals surface area contributed by atoms with Crippen LogP contribution in [0.25, 0.3) is 0 Å². The third-order valence-corrected chi connectivity index (χ3v) is 2.26. The molecule has 16 heavy (non-hydrogen) atoms. The molecule has 0 saturated carbocycles. The lowest BCUT2D eigenvalue weighted by Crippen LogP contribution is -2.26. The number of esters is 1. The molecule has 1 rings (SSSR count). The van der Waals surface area contributed by atoms with Crippen LogP contribution in [0, 0.1) is 0 Å². The first-order valence-electron chi connectivity index (χ1n) is 4.86. The van der Waals surface area contributed by atoms with Gasteiger partial charge in [-0.15, -0.1) is 0 Å². The van der Waals surface area contributed by atoms with Crippen molar-refractivity contribution in [3.8, 4) is 11.5 Å². The molecule has 0 radical (unpaired) electrons. The van der Waals surface area contributed by atoms with Crippen LogP contribution >= 0.6 is 0 Å². The van der Waals surface area contributed by atoms with Crippen molar-refractivity contribution in [3.63, 3.8) is 0 Å². The molecule has 0 bridgehead atoms. The molecular weight excluding hydrogens is 210 g/mol. The van der Waals surface area contributed by atoms with E-state index in [4.69, 9.17) is 0 Å². The molecule has 0 fully saturated rings. The predicted molar refractivity (Wildman–Crippen MR) is 58.2 cm³/mol. The lowest BCUT2D eigenvalue weighted by atomic mass is 10.1. The first-order valence-corrected chi connectivity index (χ1v) is 4.86. The molecule has 0 aliphatic heterocycles. The van der Waals surface area contributed by atoms with E-state index in [1.165, 1.54) is 25.3 Å². The Labute approximate surface area is 93.7 Å². The lowest BCUT2D eigenvalue weighted by molar-refractivity contribution is -0.139. The van der Waals surface area contributed by atoms with Gasteiger partial charge in [0.2, 0.25) is 0 Å². The molecule has 1 unspecified atom stereocenters. The quantitative estimate of drug-likeness (QED) is 0.524. The zero-order valence-corrected chi connectivity index (χ0v) is 9.23. The Morgan fingerprint density at radius 3 is 2.81 bits per heavy atom. The highest BCUT2D eigenvalue weighted by molar-refractivity contribution is 5.71. The van der Waals surface area contributed by atoms with Crippen LogP contribution in [0.15, 0.2) is 18.2 Å². The number of aromatic hydroxyl groups is 2. The van der Waals surface area contributed by atoms with Crippen LogP contribution in [-0.2, 0) is 9.53 Å². The maximum Gasteiger partial charge on any atom is 0.319 e. The second-order valence-corrected chi connectivity index (χ2v) is 3.42. The number of methoxy groups -OCH3 is 1. The van der Waals surface area contributed by atoms with Crippen molar-refractivity contribution in [1.29, 1.82) is 0 Å². The fraction of sp³-hybridized carbons (Fsp3) is 0.364. The van der Waals surface area contributed by atoms with E-state index in [1.54, 1.807) is 6.92 Å². The number of phenolic OH excluding ortho intramolecular Hbond substituents is 2. The van der Waals surface area contributed by atoms with Crippen LogP contribution in [0.1, 0.15) is 18.5 Å². The summed E-state index contributed by atoms with van der Waals surface area (Å²) in [6.45, 7) is 1.82. The van der Waals surface area contributed by atoms with Gasteiger partial charge in [-0.3, -0.25) is 4.79 Å². The Morgan fingerprint density at radius 2 is 2.19 bits per heavy atom. The number of benzene rings is 1. The molecule has 5 heteroatoms. The van der Waals surface area contributed by atoms with Crippen LogP contribution < -0.4 is 5.32 Å². The molecule has 1 aromatic rings. The highest BCUT2D eigenvalue weighted by Gasteiger charge is 2.12. The van der Waals surface area contributed by atoms with Crippen LogP contribution in [-0.4, -0.2) is 29.8 Å². The van der Waals surface area contributed by atoms with Gasteiger partial charge in [-0.1, -0.05) is 0 Å². The fourth-order valence-corrected chi connectivity index (χ4v) is 1.31. The highest BCUT2D eigenvalue weighted by atomic mass is 16.5. The van der Waals surface area contributed by atoms with Crippen molar-refractivity contribution in [2.75, 3.05) is 13.7 Å². The Balaban J connectivity index is 2.68. The molecule has 0 spiro atoms. The van der Waals surface area contributed by atoms with E-state index in [0.29, 0.717) is 5.56 Å². The van der Waals surface area contributed by atoms with Gasteiger partial charge < -0.3 is 20.3 Å². The summed E-state index contributed by atoms with van der Waals surface area (Å²) in [7, 11) is 1.31. The highest BCUT2D eigenvalue weighted by Crippen LogP contribution is 2.27. The summed E-state index contributed by atoms with van der Waals surface area (Å²) in [6.07, 6.45) is 0. The number of rotatable bonds is 4. The minimum atomic E-state index is -0.383. The lowest BCUT2D eigenvalue weighted by Gasteiger charge is -2.14. The summed E-state index contributed by atoms with van der Waals surface area (Å²) in [4.78, 5) is 10.9. The number of carbonyl (C=O) groups is 1. The van der Waals surface area contributed by atoms with E-state index in [-0.39, 0.29) is 30.1 Å². The first kappa shape index (κ1) is 12.3. The van der Waals surface area contributed by atoms with Crippen LogP contribution in [0.5, 0.6) is 11.5 Å². The molecule has 1 aromatic carbocycles. The van der Waals surface area contributed by atoms with Crippen molar-refractivity contribution >= 4 is 5.97 Å². The SMILES string of the molecule is COC(=O)CNC(C)c1cc(O)ccc1O. The zero-order valence-electron chi connectivity index (χ0n) is 9.23. The second kappa shape index (κ2) is 5.37. The van der Waals surface area contributed by atoms with Crippen molar-refractivity contribution < 1.29 is 19.7 Å². The molecule has 5 nitrogen and oxygen atoms in total. The van der Waals surface area contributed by atoms with Gasteiger partial charge >= 0.3 is 5.97 Å². The van der Waals surface area contributed by atoms with Gasteiger partial charge in [-0.05, 0) is 25.1 Å². The number of ether oxygens (including phenoxy) is 1. The summed E-state index contributed by atoms with van der Waals surface area (Å²) in [5.74, 6) is -0.242. The van der Waals surface area contributed by atoms with Crippen molar-refractivity contribution in [1.82, 2.24) is 5.32 Å². The molecule has 0 amide bonds. The van der Waals surface area contributed by atoms with Gasteiger partial charge in [0.25, 0.3) is 0 Å². The van der Waals surface area contributed by atoms with Gasteiger partial charge in [0.05, 0.1) is 13.7 Å². The summed E-state index contributed by atoms with van der Waals surface area (Å²) >= 11 is 0. The number of phenols is 2. The van der Waals surface area contributed by atoms with Crippen molar-refractivity contribution in [2.45, 2.75) is 13.0 Å². The van der Waals surface area contributed by atoms with E-state index in [0.717, 1.165) is 0 Å². The van der Waals surface area contributed by atoms with Gasteiger partial charge in [-0.2, -0.15) is 0 Å². The maximum absolute atomic E-state index is 10.9. The molecule has 0 aromatic heterocycles. The largest absolute Gasteiger partial charge is 0.508 e. The molecule has 0 aliphatic carbocycles. The number of nitrogens with one attached hydrogen (secondary N) is 1. The van der Waals surface area contributed by atoms with E-state index in [1.807, 2.05) is 0 Å². The second-order valence-electron chi connectivity index (χ2n) is 3.42. The van der Waals surface area contributed by atoms with Crippen LogP contribution in [0.2, 0.25) is 0 Å². The molecule has 0 saturated heterocycles. The Kier molecular flexibility index (Phi) is 4.13. The smallest absolute Gasteiger partial charge is 0.319 e. The molecule has 0 aliphatic rings. The fourth-order valence-electron chi connectivity index (χ4n) is 1.31. The molecular formula is C11H15NO4. The van der Waals surface area contributed by atoms with Crippen LogP contribution in [0.3, 0.4) is 0 Å². The third kappa shape index (κ3) is 3.13. The average molecular weight is 225 g/mol. The van der Waals surface area contributed by atoms with Gasteiger partial charge in [0.1, 0.15) is 11.5 Å². The topological polar surface area (TPSA) is 78.8 Å². The van der Waals surface area contributed by atoms with Gasteiger partial charge in [0.15, 0.2) is 0 Å². The molecule has 1 atom stereocenters. The number of hydrogen-bond donors (Lipinski definition) is 3. The monoisotopic (exact) mass is 225 g/mol. The number of hydrogen-bond acceptors (Lipinski definition) is 5. The van der Waals surface area contributed by atoms with Gasteiger partial charge in [-0.25, -0.2) is 0 Å². The average Bonchev–Trinajstić information content (AvgIpc) is 2.28. The Hall–Kier alpha value is -1.75. The van der Waals surface area contributed by atoms with E-state index >= 15 is 0 Å². The summed E-state index contributed by atoms with van der Waals surface area (Å²) < 4.78 is 4.48. The normalized spacial score (nSPS) is 12.1. The van der Waals surface area contributed by atoms with Gasteiger partial charge in [0, 0.05) is 11.6 Å². The number of carbonyl (C=O) groups excluding carboxylic acids is 1. The standard InChI is InChI=1S/C11H15NO4/c1-7(12-6-11(15)16-2)9-5-8(13)3-4-10(9)14/h3-5,7,12-14H,6H2,1-2H3. The van der Waals surface area contributed by atoms with E-state index < -0.39 is 0 Å². The summed E-state index contributed by atoms with van der Waals surface area (Å²) in [5, 5.41) is 21.7. The molecule has 88 valence electrons. The third-order valence-electron chi connectivity index (χ3n) is 2.26. The van der Waals surface area contributed by atoms with Crippen LogP contribution in [0.4, 0.5) is 0 Å². The summed E-state index contributed by atoms with van der Waals surface area (Å²) in [6, 6.07) is 3.99. The summed E-state index contributed by atoms with van der Waals surface area (Å²) in [5.41, 5.74) is 0.531. The Bertz CT molecular complexity index is 378. The Morgan fingerprint density at radius 1 is 1.50 bits per heavy atom. The van der Waals surface area contributed by atoms with Crippen molar-refractivity contribution in [2.24, 2.45) is 0 Å².